The quantitative estimate of drug-likeness (QED) is 0.456. The lowest BCUT2D eigenvalue weighted by molar-refractivity contribution is -0.123. The van der Waals surface area contributed by atoms with E-state index in [9.17, 15) is 4.79 Å². The maximum atomic E-state index is 11.8. The van der Waals surface area contributed by atoms with Gasteiger partial charge in [-0.15, -0.1) is 0 Å². The summed E-state index contributed by atoms with van der Waals surface area (Å²) in [6, 6.07) is 0.659. The molecule has 0 bridgehead atoms. The molecule has 2 N–H and O–H groups in total. The average molecular weight is 325 g/mol. The summed E-state index contributed by atoms with van der Waals surface area (Å²) in [6.45, 7) is 8.76. The Balaban J connectivity index is 1.78. The first-order valence-electron chi connectivity index (χ1n) is 10.2. The molecule has 0 saturated heterocycles. The van der Waals surface area contributed by atoms with Crippen molar-refractivity contribution < 1.29 is 4.79 Å². The average Bonchev–Trinajstić information content (AvgIpc) is 2.51. The van der Waals surface area contributed by atoms with Gasteiger partial charge in [-0.2, -0.15) is 0 Å². The topological polar surface area (TPSA) is 41.1 Å². The lowest BCUT2D eigenvalue weighted by Crippen LogP contribution is -2.31. The fraction of sp³-hybridized carbons (Fsp3) is 0.950. The molecule has 0 heterocycles. The van der Waals surface area contributed by atoms with Gasteiger partial charge in [0.15, 0.2) is 0 Å². The second-order valence-corrected chi connectivity index (χ2v) is 7.55. The Morgan fingerprint density at radius 2 is 1.57 bits per heavy atom. The molecule has 1 saturated carbocycles. The first-order chi connectivity index (χ1) is 11.2. The molecule has 1 rings (SSSR count). The number of unbranched alkanes of at least 4 members (excludes halogenated alkanes) is 5. The van der Waals surface area contributed by atoms with Gasteiger partial charge in [0.1, 0.15) is 0 Å². The van der Waals surface area contributed by atoms with Crippen LogP contribution in [0.4, 0.5) is 0 Å². The van der Waals surface area contributed by atoms with Crippen molar-refractivity contribution in [3.05, 3.63) is 0 Å². The number of carbonyl (C=O) groups is 1. The molecule has 1 aliphatic carbocycles. The number of nitrogens with one attached hydrogen (secondary N) is 2. The van der Waals surface area contributed by atoms with E-state index >= 15 is 0 Å². The summed E-state index contributed by atoms with van der Waals surface area (Å²) >= 11 is 0. The van der Waals surface area contributed by atoms with E-state index in [1.165, 1.54) is 57.8 Å². The molecule has 1 aliphatic rings. The maximum absolute atomic E-state index is 11.8. The largest absolute Gasteiger partial charge is 0.356 e. The molecule has 0 aromatic heterocycles. The summed E-state index contributed by atoms with van der Waals surface area (Å²) in [7, 11) is 0. The zero-order chi connectivity index (χ0) is 16.9. The summed E-state index contributed by atoms with van der Waals surface area (Å²) < 4.78 is 0. The molecule has 1 fully saturated rings. The highest BCUT2D eigenvalue weighted by molar-refractivity contribution is 5.76. The minimum Gasteiger partial charge on any atom is -0.356 e. The van der Waals surface area contributed by atoms with Gasteiger partial charge < -0.3 is 10.6 Å². The van der Waals surface area contributed by atoms with Crippen LogP contribution in [0.25, 0.3) is 0 Å². The molecule has 3 heteroatoms. The third-order valence-corrected chi connectivity index (χ3v) is 5.42. The standard InChI is InChI=1S/C20H40N2O/c1-4-17(3)21-12-10-8-6-7-9-11-13-22-20(23)16-19-14-18(5-2)15-19/h17-19,21H,4-16H2,1-3H3,(H,22,23). The Hall–Kier alpha value is -0.570. The Morgan fingerprint density at radius 3 is 2.17 bits per heavy atom. The number of amides is 1. The zero-order valence-electron chi connectivity index (χ0n) is 15.8. The van der Waals surface area contributed by atoms with Gasteiger partial charge in [-0.05, 0) is 57.4 Å². The predicted molar refractivity (Wildman–Crippen MR) is 99.6 cm³/mol. The van der Waals surface area contributed by atoms with Crippen LogP contribution in [-0.2, 0) is 4.79 Å². The number of carbonyl (C=O) groups excluding carboxylic acids is 1. The number of rotatable bonds is 14. The van der Waals surface area contributed by atoms with Crippen LogP contribution >= 0.6 is 0 Å². The molecule has 3 nitrogen and oxygen atoms in total. The van der Waals surface area contributed by atoms with E-state index in [1.807, 2.05) is 0 Å². The summed E-state index contributed by atoms with van der Waals surface area (Å²) in [5.74, 6) is 1.85. The van der Waals surface area contributed by atoms with Gasteiger partial charge in [-0.25, -0.2) is 0 Å². The fourth-order valence-corrected chi connectivity index (χ4v) is 3.39. The summed E-state index contributed by atoms with van der Waals surface area (Å²) in [5, 5.41) is 6.64. The van der Waals surface area contributed by atoms with Crippen LogP contribution in [0, 0.1) is 11.8 Å². The van der Waals surface area contributed by atoms with Crippen LogP contribution in [0.1, 0.15) is 91.4 Å². The van der Waals surface area contributed by atoms with Crippen molar-refractivity contribution in [2.45, 2.75) is 97.4 Å². The molecule has 1 unspecified atom stereocenters. The Kier molecular flexibility index (Phi) is 11.4. The summed E-state index contributed by atoms with van der Waals surface area (Å²) in [5.41, 5.74) is 0. The van der Waals surface area contributed by atoms with Gasteiger partial charge in [0.05, 0.1) is 0 Å². The second kappa shape index (κ2) is 12.8. The molecule has 0 aromatic carbocycles. The molecule has 0 radical (unpaired) electrons. The van der Waals surface area contributed by atoms with E-state index in [1.54, 1.807) is 0 Å². The van der Waals surface area contributed by atoms with Crippen molar-refractivity contribution in [1.29, 1.82) is 0 Å². The van der Waals surface area contributed by atoms with Crippen molar-refractivity contribution >= 4 is 5.91 Å². The number of hydrogen-bond donors (Lipinski definition) is 2. The van der Waals surface area contributed by atoms with E-state index < -0.39 is 0 Å². The van der Waals surface area contributed by atoms with Gasteiger partial charge in [0, 0.05) is 19.0 Å². The van der Waals surface area contributed by atoms with E-state index in [-0.39, 0.29) is 5.91 Å². The highest BCUT2D eigenvalue weighted by Crippen LogP contribution is 2.37. The monoisotopic (exact) mass is 324 g/mol. The van der Waals surface area contributed by atoms with Crippen molar-refractivity contribution in [2.75, 3.05) is 13.1 Å². The van der Waals surface area contributed by atoms with Crippen molar-refractivity contribution in [3.8, 4) is 0 Å². The smallest absolute Gasteiger partial charge is 0.220 e. The Bertz CT molecular complexity index is 300. The van der Waals surface area contributed by atoms with Crippen LogP contribution in [0.5, 0.6) is 0 Å². The highest BCUT2D eigenvalue weighted by Gasteiger charge is 2.28. The molecular formula is C20H40N2O. The van der Waals surface area contributed by atoms with Crippen LogP contribution in [0.2, 0.25) is 0 Å². The number of hydrogen-bond acceptors (Lipinski definition) is 2. The van der Waals surface area contributed by atoms with E-state index in [0.29, 0.717) is 12.0 Å². The second-order valence-electron chi connectivity index (χ2n) is 7.55. The molecular weight excluding hydrogens is 284 g/mol. The van der Waals surface area contributed by atoms with Crippen LogP contribution in [0.15, 0.2) is 0 Å². The van der Waals surface area contributed by atoms with Crippen molar-refractivity contribution in [3.63, 3.8) is 0 Å². The molecule has 136 valence electrons. The normalized spacial score (nSPS) is 21.7. The van der Waals surface area contributed by atoms with Gasteiger partial charge in [-0.3, -0.25) is 4.79 Å². The van der Waals surface area contributed by atoms with Gasteiger partial charge in [0.2, 0.25) is 5.91 Å². The van der Waals surface area contributed by atoms with E-state index in [4.69, 9.17) is 0 Å². The molecule has 1 amide bonds. The molecule has 0 aliphatic heterocycles. The van der Waals surface area contributed by atoms with Crippen LogP contribution in [0.3, 0.4) is 0 Å². The van der Waals surface area contributed by atoms with Gasteiger partial charge in [-0.1, -0.05) is 46.0 Å². The van der Waals surface area contributed by atoms with Crippen LogP contribution in [-0.4, -0.2) is 25.0 Å². The van der Waals surface area contributed by atoms with E-state index in [0.717, 1.165) is 31.8 Å². The maximum Gasteiger partial charge on any atom is 0.220 e. The van der Waals surface area contributed by atoms with Gasteiger partial charge in [0.25, 0.3) is 0 Å². The van der Waals surface area contributed by atoms with E-state index in [2.05, 4.69) is 31.4 Å². The van der Waals surface area contributed by atoms with Crippen molar-refractivity contribution in [2.24, 2.45) is 11.8 Å². The molecule has 23 heavy (non-hydrogen) atoms. The molecule has 1 atom stereocenters. The Labute approximate surface area is 144 Å². The minimum atomic E-state index is 0.278. The third-order valence-electron chi connectivity index (χ3n) is 5.42. The summed E-state index contributed by atoms with van der Waals surface area (Å²) in [4.78, 5) is 11.8. The third kappa shape index (κ3) is 10.0. The highest BCUT2D eigenvalue weighted by atomic mass is 16.1. The zero-order valence-corrected chi connectivity index (χ0v) is 15.8. The first kappa shape index (κ1) is 20.5. The first-order valence-corrected chi connectivity index (χ1v) is 10.2. The van der Waals surface area contributed by atoms with Crippen LogP contribution < -0.4 is 10.6 Å². The SMILES string of the molecule is CCC1CC(CC(=O)NCCCCCCCCNC(C)CC)C1. The van der Waals surface area contributed by atoms with Crippen molar-refractivity contribution in [1.82, 2.24) is 10.6 Å². The Morgan fingerprint density at radius 1 is 0.957 bits per heavy atom. The fourth-order valence-electron chi connectivity index (χ4n) is 3.39. The predicted octanol–water partition coefficient (Wildman–Crippen LogP) is 4.66. The summed E-state index contributed by atoms with van der Waals surface area (Å²) in [6.07, 6.45) is 13.5. The molecule has 0 spiro atoms. The molecule has 0 aromatic rings. The minimum absolute atomic E-state index is 0.278. The van der Waals surface area contributed by atoms with Gasteiger partial charge >= 0.3 is 0 Å². The lowest BCUT2D eigenvalue weighted by Gasteiger charge is -2.34. The lowest BCUT2D eigenvalue weighted by atomic mass is 9.72.